The average Bonchev–Trinajstić information content (AvgIpc) is 2.61. The van der Waals surface area contributed by atoms with Gasteiger partial charge in [-0.2, -0.15) is 0 Å². The molecule has 1 aliphatic carbocycles. The van der Waals surface area contributed by atoms with Crippen molar-refractivity contribution < 1.29 is 9.90 Å². The minimum atomic E-state index is -0.638. The first-order valence-electron chi connectivity index (χ1n) is 6.60. The molecule has 3 atom stereocenters. The lowest BCUT2D eigenvalue weighted by Crippen LogP contribution is -2.48. The number of rotatable bonds is 3. The molecular formula is C13H23NO2. The molecule has 1 saturated carbocycles. The van der Waals surface area contributed by atoms with Crippen molar-refractivity contribution >= 4 is 5.97 Å². The summed E-state index contributed by atoms with van der Waals surface area (Å²) < 4.78 is 0. The molecule has 2 rings (SSSR count). The van der Waals surface area contributed by atoms with E-state index in [1.165, 1.54) is 32.1 Å². The van der Waals surface area contributed by atoms with Crippen LogP contribution in [0.2, 0.25) is 0 Å². The number of hydrogen-bond donors (Lipinski definition) is 1. The van der Waals surface area contributed by atoms with Gasteiger partial charge in [0.05, 0.1) is 0 Å². The fraction of sp³-hybridized carbons (Fsp3) is 0.923. The lowest BCUT2D eigenvalue weighted by atomic mass is 9.84. The van der Waals surface area contributed by atoms with E-state index in [4.69, 9.17) is 0 Å². The SMILES string of the molecule is CC(C)C(C(=O)O)N1CCC2CCCCC21. The summed E-state index contributed by atoms with van der Waals surface area (Å²) in [7, 11) is 0. The lowest BCUT2D eigenvalue weighted by molar-refractivity contribution is -0.145. The summed E-state index contributed by atoms with van der Waals surface area (Å²) >= 11 is 0. The molecule has 0 aromatic rings. The van der Waals surface area contributed by atoms with Crippen molar-refractivity contribution in [1.82, 2.24) is 4.90 Å². The molecule has 1 aliphatic heterocycles. The van der Waals surface area contributed by atoms with Crippen LogP contribution in [0.25, 0.3) is 0 Å². The Morgan fingerprint density at radius 1 is 1.25 bits per heavy atom. The third-order valence-corrected chi connectivity index (χ3v) is 4.29. The van der Waals surface area contributed by atoms with Gasteiger partial charge < -0.3 is 5.11 Å². The number of nitrogens with zero attached hydrogens (tertiary/aromatic N) is 1. The number of aliphatic carboxylic acids is 1. The van der Waals surface area contributed by atoms with E-state index in [0.717, 1.165) is 12.5 Å². The monoisotopic (exact) mass is 225 g/mol. The molecule has 0 amide bonds. The molecule has 92 valence electrons. The van der Waals surface area contributed by atoms with Crippen molar-refractivity contribution in [3.8, 4) is 0 Å². The van der Waals surface area contributed by atoms with E-state index < -0.39 is 5.97 Å². The van der Waals surface area contributed by atoms with Gasteiger partial charge in [0.15, 0.2) is 0 Å². The summed E-state index contributed by atoms with van der Waals surface area (Å²) in [6.45, 7) is 5.04. The summed E-state index contributed by atoms with van der Waals surface area (Å²) in [4.78, 5) is 13.6. The van der Waals surface area contributed by atoms with Crippen LogP contribution >= 0.6 is 0 Å². The average molecular weight is 225 g/mol. The quantitative estimate of drug-likeness (QED) is 0.801. The summed E-state index contributed by atoms with van der Waals surface area (Å²) in [6.07, 6.45) is 6.35. The fourth-order valence-corrected chi connectivity index (χ4v) is 3.60. The van der Waals surface area contributed by atoms with Gasteiger partial charge in [-0.15, -0.1) is 0 Å². The number of fused-ring (bicyclic) bond motifs is 1. The number of carboxylic acid groups (broad SMARTS) is 1. The highest BCUT2D eigenvalue weighted by molar-refractivity contribution is 5.73. The van der Waals surface area contributed by atoms with Crippen LogP contribution in [0.1, 0.15) is 46.0 Å². The molecule has 16 heavy (non-hydrogen) atoms. The lowest BCUT2D eigenvalue weighted by Gasteiger charge is -2.36. The first-order chi connectivity index (χ1) is 7.61. The van der Waals surface area contributed by atoms with Crippen LogP contribution in [0.5, 0.6) is 0 Å². The predicted octanol–water partition coefficient (Wildman–Crippen LogP) is 2.36. The maximum Gasteiger partial charge on any atom is 0.321 e. The fourth-order valence-electron chi connectivity index (χ4n) is 3.60. The summed E-state index contributed by atoms with van der Waals surface area (Å²) in [5.74, 6) is 0.341. The predicted molar refractivity (Wildman–Crippen MR) is 63.3 cm³/mol. The van der Waals surface area contributed by atoms with E-state index in [1.807, 2.05) is 13.8 Å². The van der Waals surface area contributed by atoms with Crippen molar-refractivity contribution in [2.24, 2.45) is 11.8 Å². The Labute approximate surface area is 97.8 Å². The second-order valence-corrected chi connectivity index (χ2v) is 5.67. The molecule has 1 saturated heterocycles. The van der Waals surface area contributed by atoms with Crippen LogP contribution < -0.4 is 0 Å². The van der Waals surface area contributed by atoms with Crippen LogP contribution in [-0.2, 0) is 4.79 Å². The molecule has 0 aromatic heterocycles. The second-order valence-electron chi connectivity index (χ2n) is 5.67. The molecule has 3 unspecified atom stereocenters. The molecule has 1 N–H and O–H groups in total. The summed E-state index contributed by atoms with van der Waals surface area (Å²) in [5.41, 5.74) is 0. The first-order valence-corrected chi connectivity index (χ1v) is 6.60. The van der Waals surface area contributed by atoms with Crippen molar-refractivity contribution in [2.75, 3.05) is 6.54 Å². The highest BCUT2D eigenvalue weighted by Crippen LogP contribution is 2.38. The molecular weight excluding hydrogens is 202 g/mol. The van der Waals surface area contributed by atoms with Crippen LogP contribution in [0.15, 0.2) is 0 Å². The molecule has 0 bridgehead atoms. The molecule has 0 radical (unpaired) electrons. The number of likely N-dealkylation sites (tertiary alicyclic amines) is 1. The normalized spacial score (nSPS) is 32.7. The number of carboxylic acids is 1. The van der Waals surface area contributed by atoms with Crippen molar-refractivity contribution in [2.45, 2.75) is 58.0 Å². The molecule has 3 heteroatoms. The van der Waals surface area contributed by atoms with E-state index in [9.17, 15) is 9.90 Å². The third-order valence-electron chi connectivity index (χ3n) is 4.29. The van der Waals surface area contributed by atoms with Gasteiger partial charge in [-0.1, -0.05) is 26.7 Å². The zero-order valence-electron chi connectivity index (χ0n) is 10.4. The highest BCUT2D eigenvalue weighted by Gasteiger charge is 2.42. The summed E-state index contributed by atoms with van der Waals surface area (Å²) in [5, 5.41) is 9.35. The van der Waals surface area contributed by atoms with Crippen molar-refractivity contribution in [3.05, 3.63) is 0 Å². The topological polar surface area (TPSA) is 40.5 Å². The van der Waals surface area contributed by atoms with Crippen LogP contribution in [0, 0.1) is 11.8 Å². The van der Waals surface area contributed by atoms with Crippen molar-refractivity contribution in [1.29, 1.82) is 0 Å². The maximum absolute atomic E-state index is 11.4. The second kappa shape index (κ2) is 4.74. The standard InChI is InChI=1S/C13H23NO2/c1-9(2)12(13(15)16)14-8-7-10-5-3-4-6-11(10)14/h9-12H,3-8H2,1-2H3,(H,15,16). The molecule has 0 spiro atoms. The Hall–Kier alpha value is -0.570. The smallest absolute Gasteiger partial charge is 0.321 e. The molecule has 2 aliphatic rings. The van der Waals surface area contributed by atoms with E-state index >= 15 is 0 Å². The Morgan fingerprint density at radius 3 is 2.56 bits per heavy atom. The molecule has 3 nitrogen and oxygen atoms in total. The number of carbonyl (C=O) groups is 1. The van der Waals surface area contributed by atoms with Gasteiger partial charge >= 0.3 is 5.97 Å². The van der Waals surface area contributed by atoms with Gasteiger partial charge in [0.25, 0.3) is 0 Å². The Morgan fingerprint density at radius 2 is 1.94 bits per heavy atom. The number of hydrogen-bond acceptors (Lipinski definition) is 2. The highest BCUT2D eigenvalue weighted by atomic mass is 16.4. The molecule has 2 fully saturated rings. The minimum Gasteiger partial charge on any atom is -0.480 e. The third kappa shape index (κ3) is 2.10. The van der Waals surface area contributed by atoms with Gasteiger partial charge in [0.1, 0.15) is 6.04 Å². The Kier molecular flexibility index (Phi) is 3.53. The van der Waals surface area contributed by atoms with Gasteiger partial charge in [-0.05, 0) is 37.6 Å². The van der Waals surface area contributed by atoms with Gasteiger partial charge in [0, 0.05) is 6.04 Å². The van der Waals surface area contributed by atoms with E-state index in [0.29, 0.717) is 6.04 Å². The largest absolute Gasteiger partial charge is 0.480 e. The van der Waals surface area contributed by atoms with Crippen LogP contribution in [0.4, 0.5) is 0 Å². The first kappa shape index (κ1) is 11.9. The van der Waals surface area contributed by atoms with Gasteiger partial charge in [0.2, 0.25) is 0 Å². The zero-order valence-corrected chi connectivity index (χ0v) is 10.4. The van der Waals surface area contributed by atoms with E-state index in [2.05, 4.69) is 4.90 Å². The maximum atomic E-state index is 11.4. The van der Waals surface area contributed by atoms with Crippen LogP contribution in [0.3, 0.4) is 0 Å². The Bertz CT molecular complexity index is 265. The van der Waals surface area contributed by atoms with Gasteiger partial charge in [-0.3, -0.25) is 9.69 Å². The molecule has 0 aromatic carbocycles. The minimum absolute atomic E-state index is 0.207. The Balaban J connectivity index is 2.10. The van der Waals surface area contributed by atoms with Crippen LogP contribution in [-0.4, -0.2) is 34.6 Å². The zero-order chi connectivity index (χ0) is 11.7. The van der Waals surface area contributed by atoms with E-state index in [-0.39, 0.29) is 12.0 Å². The van der Waals surface area contributed by atoms with Gasteiger partial charge in [-0.25, -0.2) is 0 Å². The molecule has 1 heterocycles. The summed E-state index contributed by atoms with van der Waals surface area (Å²) in [6, 6.07) is 0.283. The van der Waals surface area contributed by atoms with Crippen molar-refractivity contribution in [3.63, 3.8) is 0 Å². The van der Waals surface area contributed by atoms with E-state index in [1.54, 1.807) is 0 Å².